The number of fused-ring (bicyclic) bond motifs is 2. The second kappa shape index (κ2) is 11.4. The lowest BCUT2D eigenvalue weighted by atomic mass is 9.93. The summed E-state index contributed by atoms with van der Waals surface area (Å²) in [6.45, 7) is 3.74. The van der Waals surface area contributed by atoms with Crippen LogP contribution in [0, 0.1) is 17.5 Å². The van der Waals surface area contributed by atoms with E-state index in [4.69, 9.17) is 32.7 Å². The summed E-state index contributed by atoms with van der Waals surface area (Å²) in [6.07, 6.45) is 1.46. The number of imidazole rings is 1. The minimum absolute atomic E-state index is 0.0479. The lowest BCUT2D eigenvalue weighted by molar-refractivity contribution is -0.0592. The van der Waals surface area contributed by atoms with Crippen LogP contribution in [0.1, 0.15) is 52.3 Å². The van der Waals surface area contributed by atoms with Crippen molar-refractivity contribution >= 4 is 40.2 Å². The van der Waals surface area contributed by atoms with Crippen LogP contribution >= 0.6 is 23.2 Å². The predicted octanol–water partition coefficient (Wildman–Crippen LogP) is 6.95. The zero-order valence-corrected chi connectivity index (χ0v) is 24.0. The highest BCUT2D eigenvalue weighted by molar-refractivity contribution is 6.32. The van der Waals surface area contributed by atoms with E-state index in [-0.39, 0.29) is 46.2 Å². The van der Waals surface area contributed by atoms with Gasteiger partial charge in [-0.25, -0.2) is 22.9 Å². The number of nitrogens with zero attached hydrogens (tertiary/aromatic N) is 3. The van der Waals surface area contributed by atoms with Crippen molar-refractivity contribution in [1.82, 2.24) is 14.5 Å². The SMILES string of the molecule is C[C@H]1c2cc(OCc3c(F)cc(Cl)cc3F)c(Cl)cc2CCN1Cc1nc2c(F)cc(C(=O)O)cc2n1C[C@@H]1CCO1. The number of hydrogen-bond acceptors (Lipinski definition) is 5. The van der Waals surface area contributed by atoms with E-state index < -0.39 is 23.4 Å². The quantitative estimate of drug-likeness (QED) is 0.230. The third-order valence-electron chi connectivity index (χ3n) is 8.00. The first-order valence-corrected chi connectivity index (χ1v) is 14.2. The Morgan fingerprint density at radius 3 is 2.52 bits per heavy atom. The van der Waals surface area contributed by atoms with Crippen LogP contribution in [0.4, 0.5) is 13.2 Å². The Labute approximate surface area is 249 Å². The van der Waals surface area contributed by atoms with E-state index in [1.807, 2.05) is 11.5 Å². The Hall–Kier alpha value is -3.31. The maximum Gasteiger partial charge on any atom is 0.335 e. The third kappa shape index (κ3) is 5.44. The van der Waals surface area contributed by atoms with Crippen molar-refractivity contribution in [3.05, 3.63) is 92.0 Å². The maximum atomic E-state index is 15.0. The van der Waals surface area contributed by atoms with Gasteiger partial charge in [-0.3, -0.25) is 4.90 Å². The van der Waals surface area contributed by atoms with Gasteiger partial charge in [0, 0.05) is 24.2 Å². The van der Waals surface area contributed by atoms with E-state index in [9.17, 15) is 23.1 Å². The third-order valence-corrected chi connectivity index (χ3v) is 8.51. The van der Waals surface area contributed by atoms with Crippen molar-refractivity contribution in [3.8, 4) is 5.75 Å². The van der Waals surface area contributed by atoms with Crippen molar-refractivity contribution in [2.75, 3.05) is 13.2 Å². The average Bonchev–Trinajstić information content (AvgIpc) is 3.25. The molecule has 12 heteroatoms. The van der Waals surface area contributed by atoms with Gasteiger partial charge >= 0.3 is 5.97 Å². The summed E-state index contributed by atoms with van der Waals surface area (Å²) in [7, 11) is 0. The molecular weight excluding hydrogens is 594 g/mol. The lowest BCUT2D eigenvalue weighted by Crippen LogP contribution is -2.36. The van der Waals surface area contributed by atoms with Gasteiger partial charge in [0.25, 0.3) is 0 Å². The molecule has 1 saturated heterocycles. The topological polar surface area (TPSA) is 76.8 Å². The minimum Gasteiger partial charge on any atom is -0.487 e. The molecule has 2 aliphatic rings. The van der Waals surface area contributed by atoms with Gasteiger partial charge in [-0.05, 0) is 67.3 Å². The molecule has 0 saturated carbocycles. The van der Waals surface area contributed by atoms with Crippen molar-refractivity contribution in [2.45, 2.75) is 51.6 Å². The number of halogens is 5. The van der Waals surface area contributed by atoms with Crippen LogP contribution < -0.4 is 4.74 Å². The molecule has 7 nitrogen and oxygen atoms in total. The van der Waals surface area contributed by atoms with Gasteiger partial charge in [0.05, 0.1) is 40.9 Å². The summed E-state index contributed by atoms with van der Waals surface area (Å²) in [5, 5.41) is 9.77. The monoisotopic (exact) mass is 619 g/mol. The van der Waals surface area contributed by atoms with E-state index in [0.717, 1.165) is 35.7 Å². The summed E-state index contributed by atoms with van der Waals surface area (Å²) < 4.78 is 56.8. The molecule has 4 aromatic rings. The van der Waals surface area contributed by atoms with Crippen molar-refractivity contribution in [2.24, 2.45) is 0 Å². The van der Waals surface area contributed by atoms with Crippen LogP contribution in [-0.2, 0) is 30.9 Å². The Morgan fingerprint density at radius 1 is 1.12 bits per heavy atom. The first-order chi connectivity index (χ1) is 20.1. The van der Waals surface area contributed by atoms with Crippen molar-refractivity contribution in [3.63, 3.8) is 0 Å². The molecule has 2 aliphatic heterocycles. The van der Waals surface area contributed by atoms with E-state index >= 15 is 0 Å². The molecule has 220 valence electrons. The van der Waals surface area contributed by atoms with Gasteiger partial charge < -0.3 is 19.1 Å². The van der Waals surface area contributed by atoms with Crippen molar-refractivity contribution in [1.29, 1.82) is 0 Å². The fourth-order valence-electron chi connectivity index (χ4n) is 5.55. The van der Waals surface area contributed by atoms with Gasteiger partial charge in [-0.2, -0.15) is 0 Å². The molecule has 42 heavy (non-hydrogen) atoms. The van der Waals surface area contributed by atoms with Crippen LogP contribution in [0.25, 0.3) is 11.0 Å². The zero-order valence-electron chi connectivity index (χ0n) is 22.5. The van der Waals surface area contributed by atoms with Crippen molar-refractivity contribution < 1.29 is 32.5 Å². The highest BCUT2D eigenvalue weighted by atomic mass is 35.5. The van der Waals surface area contributed by atoms with E-state index in [1.165, 1.54) is 6.07 Å². The first-order valence-electron chi connectivity index (χ1n) is 13.4. The Bertz CT molecular complexity index is 1690. The maximum absolute atomic E-state index is 15.0. The van der Waals surface area contributed by atoms with Gasteiger partial charge in [0.1, 0.15) is 35.3 Å². The number of aromatic nitrogens is 2. The smallest absolute Gasteiger partial charge is 0.335 e. The first kappa shape index (κ1) is 28.8. The number of rotatable bonds is 8. The standard InChI is InChI=1S/C30H26Cl2F3N3O4/c1-15-20-11-27(42-14-21-23(33)9-18(31)10-24(21)34)22(32)6-16(20)2-4-37(15)13-28-36-29-25(35)7-17(30(39)40)8-26(29)38(28)12-19-3-5-41-19/h6-11,15,19H,2-5,12-14H2,1H3,(H,39,40)/t15-,19-/m0/s1. The van der Waals surface area contributed by atoms with Crippen LogP contribution in [0.15, 0.2) is 36.4 Å². The second-order valence-corrected chi connectivity index (χ2v) is 11.4. The molecule has 0 bridgehead atoms. The molecule has 1 N–H and O–H groups in total. The largest absolute Gasteiger partial charge is 0.487 e. The minimum atomic E-state index is -1.22. The number of carboxylic acid groups (broad SMARTS) is 1. The Kier molecular flexibility index (Phi) is 7.82. The highest BCUT2D eigenvalue weighted by Gasteiger charge is 2.29. The average molecular weight is 620 g/mol. The van der Waals surface area contributed by atoms with E-state index in [2.05, 4.69) is 9.88 Å². The molecule has 0 aliphatic carbocycles. The van der Waals surface area contributed by atoms with Crippen LogP contribution in [0.2, 0.25) is 10.0 Å². The summed E-state index contributed by atoms with van der Waals surface area (Å²) in [4.78, 5) is 18.4. The molecule has 0 spiro atoms. The summed E-state index contributed by atoms with van der Waals surface area (Å²) >= 11 is 12.2. The number of aromatic carboxylic acids is 1. The summed E-state index contributed by atoms with van der Waals surface area (Å²) in [5.74, 6) is -2.65. The molecule has 2 atom stereocenters. The molecular formula is C30H26Cl2F3N3O4. The molecule has 3 heterocycles. The van der Waals surface area contributed by atoms with Crippen LogP contribution in [-0.4, -0.2) is 44.8 Å². The van der Waals surface area contributed by atoms with Gasteiger partial charge in [-0.15, -0.1) is 0 Å². The summed E-state index contributed by atoms with van der Waals surface area (Å²) in [6, 6.07) is 7.93. The number of benzene rings is 3. The molecule has 0 amide bonds. The predicted molar refractivity (Wildman–Crippen MR) is 151 cm³/mol. The normalized spacial score (nSPS) is 18.6. The zero-order chi connectivity index (χ0) is 29.7. The van der Waals surface area contributed by atoms with Crippen LogP contribution in [0.5, 0.6) is 5.75 Å². The number of carbonyl (C=O) groups is 1. The molecule has 6 rings (SSSR count). The molecule has 0 radical (unpaired) electrons. The molecule has 3 aromatic carbocycles. The number of carboxylic acids is 1. The van der Waals surface area contributed by atoms with Gasteiger partial charge in [0.2, 0.25) is 0 Å². The fourth-order valence-corrected chi connectivity index (χ4v) is 5.98. The van der Waals surface area contributed by atoms with Crippen LogP contribution in [0.3, 0.4) is 0 Å². The van der Waals surface area contributed by atoms with E-state index in [1.54, 1.807) is 12.1 Å². The number of hydrogen-bond donors (Lipinski definition) is 1. The molecule has 1 aromatic heterocycles. The fraction of sp³-hybridized carbons (Fsp3) is 0.333. The lowest BCUT2D eigenvalue weighted by Gasteiger charge is -2.36. The molecule has 1 fully saturated rings. The second-order valence-electron chi connectivity index (χ2n) is 10.6. The summed E-state index contributed by atoms with van der Waals surface area (Å²) in [5.41, 5.74) is 2.08. The number of ether oxygens (including phenoxy) is 2. The Balaban J connectivity index is 1.28. The van der Waals surface area contributed by atoms with Gasteiger partial charge in [-0.1, -0.05) is 23.2 Å². The Morgan fingerprint density at radius 2 is 1.86 bits per heavy atom. The van der Waals surface area contributed by atoms with Gasteiger partial charge in [0.15, 0.2) is 5.82 Å². The molecule has 0 unspecified atom stereocenters. The van der Waals surface area contributed by atoms with E-state index in [0.29, 0.717) is 49.0 Å². The highest BCUT2D eigenvalue weighted by Crippen LogP contribution is 2.38.